The van der Waals surface area contributed by atoms with E-state index in [1.54, 1.807) is 0 Å². The monoisotopic (exact) mass is 571 g/mol. The first kappa shape index (κ1) is 21.9. The summed E-state index contributed by atoms with van der Waals surface area (Å²) < 4.78 is 81.5. The predicted octanol–water partition coefficient (Wildman–Crippen LogP) is 4.59. The molecule has 3 nitrogen and oxygen atoms in total. The Labute approximate surface area is 189 Å². The summed E-state index contributed by atoms with van der Waals surface area (Å²) in [5, 5.41) is 1.21. The van der Waals surface area contributed by atoms with Crippen LogP contribution in [0.2, 0.25) is 0 Å². The number of amides is 2. The fraction of sp³-hybridized carbons (Fsp3) is 0.238. The summed E-state index contributed by atoms with van der Waals surface area (Å²) >= 11 is -2.17. The molecule has 1 fully saturated rings. The van der Waals surface area contributed by atoms with Gasteiger partial charge in [-0.1, -0.05) is 0 Å². The van der Waals surface area contributed by atoms with Gasteiger partial charge in [-0.2, -0.15) is 0 Å². The molecule has 3 aliphatic heterocycles. The number of nitrogens with one attached hydrogen (secondary N) is 1. The van der Waals surface area contributed by atoms with Gasteiger partial charge in [0.25, 0.3) is 0 Å². The molecule has 2 aromatic carbocycles. The van der Waals surface area contributed by atoms with Crippen LogP contribution in [0, 0.1) is 0 Å². The van der Waals surface area contributed by atoms with Gasteiger partial charge >= 0.3 is 190 Å². The van der Waals surface area contributed by atoms with Gasteiger partial charge in [0.1, 0.15) is 0 Å². The molecule has 11 heteroatoms. The van der Waals surface area contributed by atoms with Gasteiger partial charge in [0.15, 0.2) is 0 Å². The molecule has 3 aliphatic rings. The van der Waals surface area contributed by atoms with Crippen LogP contribution in [-0.2, 0) is 23.6 Å². The summed E-state index contributed by atoms with van der Waals surface area (Å²) in [4.78, 5) is 24.1. The molecular weight excluding hydrogens is 559 g/mol. The SMILES string of the molecule is O=C1NC(=O)C([CH]2c3ccc[c]4c3C=[C](Cc3ccc(C(F)(F)F)cc3C(F)(F)F)[In]42)S1. The second-order valence-electron chi connectivity index (χ2n) is 7.93. The van der Waals surface area contributed by atoms with E-state index in [1.165, 1.54) is 0 Å². The Morgan fingerprint density at radius 2 is 1.75 bits per heavy atom. The zero-order chi connectivity index (χ0) is 23.0. The number of halogens is 6. The molecule has 5 rings (SSSR count). The molecule has 4 bridgehead atoms. The number of thioether (sulfide) groups is 1. The zero-order valence-corrected chi connectivity index (χ0v) is 20.1. The Kier molecular flexibility index (Phi) is 5.01. The second kappa shape index (κ2) is 7.31. The number of rotatable bonds is 3. The average molecular weight is 571 g/mol. The van der Waals surface area contributed by atoms with Crippen LogP contribution in [0.1, 0.15) is 31.5 Å². The molecule has 32 heavy (non-hydrogen) atoms. The molecule has 2 aromatic rings. The molecule has 0 aromatic heterocycles. The van der Waals surface area contributed by atoms with E-state index in [4.69, 9.17) is 0 Å². The second-order valence-corrected chi connectivity index (χ2v) is 17.7. The molecular formula is C21H12F6InNO2S. The van der Waals surface area contributed by atoms with E-state index in [2.05, 4.69) is 5.32 Å². The third-order valence-corrected chi connectivity index (χ3v) is 18.9. The fourth-order valence-corrected chi connectivity index (χ4v) is 19.2. The number of imide groups is 1. The summed E-state index contributed by atoms with van der Waals surface area (Å²) in [6, 6.07) is 7.37. The summed E-state index contributed by atoms with van der Waals surface area (Å²) in [5.41, 5.74) is -1.01. The number of allylic oxidation sites excluding steroid dienone is 1. The number of benzene rings is 2. The van der Waals surface area contributed by atoms with Crippen molar-refractivity contribution in [1.29, 1.82) is 0 Å². The van der Waals surface area contributed by atoms with Crippen molar-refractivity contribution in [1.82, 2.24) is 5.32 Å². The summed E-state index contributed by atoms with van der Waals surface area (Å²) in [5.74, 6) is -0.396. The van der Waals surface area contributed by atoms with Crippen molar-refractivity contribution in [3.05, 3.63) is 67.5 Å². The minimum absolute atomic E-state index is 0.120. The Balaban J connectivity index is 1.53. The molecule has 164 valence electrons. The Morgan fingerprint density at radius 1 is 1.00 bits per heavy atom. The van der Waals surface area contributed by atoms with E-state index in [-0.39, 0.29) is 21.7 Å². The third-order valence-electron chi connectivity index (χ3n) is 6.14. The van der Waals surface area contributed by atoms with Crippen LogP contribution >= 0.6 is 11.8 Å². The topological polar surface area (TPSA) is 46.2 Å². The Hall–Kier alpha value is -1.88. The first-order valence-electron chi connectivity index (χ1n) is 9.57. The van der Waals surface area contributed by atoms with Crippen molar-refractivity contribution >= 4 is 53.7 Å². The van der Waals surface area contributed by atoms with Crippen LogP contribution < -0.4 is 8.64 Å². The van der Waals surface area contributed by atoms with E-state index in [0.29, 0.717) is 6.07 Å². The molecule has 3 heterocycles. The van der Waals surface area contributed by atoms with Gasteiger partial charge in [0.2, 0.25) is 0 Å². The van der Waals surface area contributed by atoms with Crippen molar-refractivity contribution < 1.29 is 35.9 Å². The van der Waals surface area contributed by atoms with Crippen molar-refractivity contribution in [2.75, 3.05) is 0 Å². The minimum atomic E-state index is -4.93. The standard InChI is InChI=1S/C21H12F6NO2S.In/c22-20(23,24)15-9-8-13(16(11-15)21(25,26)27)7-3-6-12-4-1-2-5-14(12)10-17-18(29)28-19(30)31-17;/h1-2,5-6,8-11,17H,7H2,(H,28,29,30);. The summed E-state index contributed by atoms with van der Waals surface area (Å²) in [7, 11) is 0. The fourth-order valence-electron chi connectivity index (χ4n) is 4.90. The van der Waals surface area contributed by atoms with Gasteiger partial charge in [0.05, 0.1) is 0 Å². The molecule has 0 spiro atoms. The molecule has 0 radical (unpaired) electrons. The van der Waals surface area contributed by atoms with Crippen LogP contribution in [-0.4, -0.2) is 37.8 Å². The van der Waals surface area contributed by atoms with Crippen molar-refractivity contribution in [2.24, 2.45) is 0 Å². The first-order chi connectivity index (χ1) is 14.9. The third kappa shape index (κ3) is 3.48. The molecule has 2 amide bonds. The Bertz CT molecular complexity index is 1210. The molecule has 2 atom stereocenters. The van der Waals surface area contributed by atoms with Crippen molar-refractivity contribution in [3.8, 4) is 0 Å². The maximum absolute atomic E-state index is 13.6. The molecule has 1 N–H and O–H groups in total. The van der Waals surface area contributed by atoms with E-state index < -0.39 is 61.3 Å². The van der Waals surface area contributed by atoms with Crippen LogP contribution in [0.15, 0.2) is 39.7 Å². The average Bonchev–Trinajstić information content (AvgIpc) is 3.25. The number of hydrogen-bond donors (Lipinski definition) is 1. The number of hydrogen-bond acceptors (Lipinski definition) is 3. The van der Waals surface area contributed by atoms with Gasteiger partial charge < -0.3 is 0 Å². The quantitative estimate of drug-likeness (QED) is 0.549. The van der Waals surface area contributed by atoms with Crippen LogP contribution in [0.4, 0.5) is 31.1 Å². The summed E-state index contributed by atoms with van der Waals surface area (Å²) in [6.07, 6.45) is -8.09. The van der Waals surface area contributed by atoms with Gasteiger partial charge in [-0.3, -0.25) is 0 Å². The van der Waals surface area contributed by atoms with Crippen LogP contribution in [0.5, 0.6) is 0 Å². The normalized spacial score (nSPS) is 21.9. The van der Waals surface area contributed by atoms with Crippen LogP contribution in [0.25, 0.3) is 6.08 Å². The zero-order valence-electron chi connectivity index (χ0n) is 16.0. The van der Waals surface area contributed by atoms with Crippen molar-refractivity contribution in [2.45, 2.75) is 27.7 Å². The van der Waals surface area contributed by atoms with Gasteiger partial charge in [-0.05, 0) is 0 Å². The van der Waals surface area contributed by atoms with Gasteiger partial charge in [0, 0.05) is 0 Å². The van der Waals surface area contributed by atoms with E-state index >= 15 is 0 Å². The van der Waals surface area contributed by atoms with E-state index in [1.807, 2.05) is 24.3 Å². The predicted molar refractivity (Wildman–Crippen MR) is 108 cm³/mol. The van der Waals surface area contributed by atoms with Gasteiger partial charge in [-0.25, -0.2) is 0 Å². The first-order valence-corrected chi connectivity index (χ1v) is 15.6. The van der Waals surface area contributed by atoms with E-state index in [0.717, 1.165) is 35.6 Å². The Morgan fingerprint density at radius 3 is 2.34 bits per heavy atom. The molecule has 2 unspecified atom stereocenters. The molecule has 1 saturated heterocycles. The van der Waals surface area contributed by atoms with Crippen LogP contribution in [0.3, 0.4) is 0 Å². The number of carbonyl (C=O) groups is 2. The van der Waals surface area contributed by atoms with Crippen molar-refractivity contribution in [3.63, 3.8) is 0 Å². The molecule has 0 aliphatic carbocycles. The maximum atomic E-state index is 13.6. The number of carbonyl (C=O) groups excluding carboxylic acids is 2. The number of alkyl halides is 6. The van der Waals surface area contributed by atoms with Gasteiger partial charge in [-0.15, -0.1) is 0 Å². The molecule has 0 saturated carbocycles. The van der Waals surface area contributed by atoms with E-state index in [9.17, 15) is 35.9 Å². The summed E-state index contributed by atoms with van der Waals surface area (Å²) in [6.45, 7) is 0.